The smallest absolute Gasteiger partial charge is 0.337 e. The van der Waals surface area contributed by atoms with Crippen molar-refractivity contribution in [3.8, 4) is 11.5 Å². The van der Waals surface area contributed by atoms with Crippen LogP contribution < -0.4 is 9.46 Å². The molecule has 1 heterocycles. The second-order valence-corrected chi connectivity index (χ2v) is 9.11. The molecule has 30 heavy (non-hydrogen) atoms. The molecule has 0 radical (unpaired) electrons. The van der Waals surface area contributed by atoms with Gasteiger partial charge in [0.25, 0.3) is 0 Å². The standard InChI is InChI=1S/C19H20Cl2N2O6S/c1-28-19(25)12-9-16(20)18(17(21)10-12)29-15-4-2-3-13(11-15)22-30(26,27)23-7-5-14(24)6-8-23/h2-4,9-11,14,22,24H,5-8H2,1H3. The highest BCUT2D eigenvalue weighted by Gasteiger charge is 2.27. The number of hydrogen-bond acceptors (Lipinski definition) is 6. The Kier molecular flexibility index (Phi) is 7.10. The second-order valence-electron chi connectivity index (χ2n) is 6.63. The third kappa shape index (κ3) is 5.35. The highest BCUT2D eigenvalue weighted by atomic mass is 35.5. The Labute approximate surface area is 184 Å². The van der Waals surface area contributed by atoms with Crippen LogP contribution in [0.2, 0.25) is 10.0 Å². The summed E-state index contributed by atoms with van der Waals surface area (Å²) in [6, 6.07) is 9.01. The number of hydrogen-bond donors (Lipinski definition) is 2. The number of esters is 1. The quantitative estimate of drug-likeness (QED) is 0.618. The van der Waals surface area contributed by atoms with Crippen LogP contribution in [0, 0.1) is 0 Å². The minimum absolute atomic E-state index is 0.0979. The average Bonchev–Trinajstić information content (AvgIpc) is 2.70. The molecule has 0 bridgehead atoms. The highest BCUT2D eigenvalue weighted by Crippen LogP contribution is 2.38. The van der Waals surface area contributed by atoms with Gasteiger partial charge in [0.1, 0.15) is 5.75 Å². The number of nitrogens with zero attached hydrogens (tertiary/aromatic N) is 1. The SMILES string of the molecule is COC(=O)c1cc(Cl)c(Oc2cccc(NS(=O)(=O)N3CCC(O)CC3)c2)c(Cl)c1. The van der Waals surface area contributed by atoms with Gasteiger partial charge in [-0.25, -0.2) is 4.79 Å². The van der Waals surface area contributed by atoms with E-state index in [1.807, 2.05) is 0 Å². The number of anilines is 1. The van der Waals surface area contributed by atoms with Gasteiger partial charge in [0.15, 0.2) is 5.75 Å². The van der Waals surface area contributed by atoms with Gasteiger partial charge in [0.2, 0.25) is 0 Å². The Morgan fingerprint density at radius 2 is 1.80 bits per heavy atom. The first-order chi connectivity index (χ1) is 14.2. The van der Waals surface area contributed by atoms with E-state index >= 15 is 0 Å². The van der Waals surface area contributed by atoms with E-state index in [4.69, 9.17) is 27.9 Å². The maximum absolute atomic E-state index is 12.6. The van der Waals surface area contributed by atoms with Gasteiger partial charge < -0.3 is 14.6 Å². The number of aliphatic hydroxyl groups excluding tert-OH is 1. The topological polar surface area (TPSA) is 105 Å². The number of methoxy groups -OCH3 is 1. The van der Waals surface area contributed by atoms with Gasteiger partial charge >= 0.3 is 16.2 Å². The maximum Gasteiger partial charge on any atom is 0.337 e. The molecule has 0 atom stereocenters. The number of halogens is 2. The molecule has 0 aromatic heterocycles. The molecule has 2 N–H and O–H groups in total. The molecule has 0 aliphatic carbocycles. The molecule has 1 saturated heterocycles. The number of rotatable bonds is 6. The summed E-state index contributed by atoms with van der Waals surface area (Å²) >= 11 is 12.4. The molecule has 0 unspecified atom stereocenters. The van der Waals surface area contributed by atoms with Crippen LogP contribution in [0.25, 0.3) is 0 Å². The molecule has 0 saturated carbocycles. The summed E-state index contributed by atoms with van der Waals surface area (Å²) in [7, 11) is -2.53. The first-order valence-corrected chi connectivity index (χ1v) is 11.2. The molecule has 162 valence electrons. The fraction of sp³-hybridized carbons (Fsp3) is 0.316. The molecule has 3 rings (SSSR count). The van der Waals surface area contributed by atoms with Crippen molar-refractivity contribution in [1.29, 1.82) is 0 Å². The zero-order valence-corrected chi connectivity index (χ0v) is 18.3. The second kappa shape index (κ2) is 9.40. The van der Waals surface area contributed by atoms with Crippen molar-refractivity contribution in [3.63, 3.8) is 0 Å². The van der Waals surface area contributed by atoms with Crippen LogP contribution >= 0.6 is 23.2 Å². The molecule has 0 spiro atoms. The molecule has 2 aromatic carbocycles. The third-order valence-corrected chi connectivity index (χ3v) is 6.58. The van der Waals surface area contributed by atoms with Gasteiger partial charge in [0, 0.05) is 19.2 Å². The summed E-state index contributed by atoms with van der Waals surface area (Å²) in [5.74, 6) is -0.179. The number of carbonyl (C=O) groups is 1. The van der Waals surface area contributed by atoms with E-state index in [-0.39, 0.29) is 40.1 Å². The summed E-state index contributed by atoms with van der Waals surface area (Å²) in [5.41, 5.74) is 0.463. The zero-order chi connectivity index (χ0) is 21.9. The van der Waals surface area contributed by atoms with Gasteiger partial charge in [-0.15, -0.1) is 0 Å². The summed E-state index contributed by atoms with van der Waals surface area (Å²) in [5, 5.41) is 9.76. The molecule has 2 aromatic rings. The van der Waals surface area contributed by atoms with E-state index < -0.39 is 22.3 Å². The van der Waals surface area contributed by atoms with E-state index in [0.29, 0.717) is 18.6 Å². The van der Waals surface area contributed by atoms with Crippen LogP contribution in [0.15, 0.2) is 36.4 Å². The fourth-order valence-electron chi connectivity index (χ4n) is 2.93. The lowest BCUT2D eigenvalue weighted by atomic mass is 10.1. The molecule has 1 fully saturated rings. The third-order valence-electron chi connectivity index (χ3n) is 4.48. The van der Waals surface area contributed by atoms with E-state index in [1.165, 1.54) is 29.6 Å². The van der Waals surface area contributed by atoms with Crippen LogP contribution in [-0.2, 0) is 14.9 Å². The van der Waals surface area contributed by atoms with E-state index in [0.717, 1.165) is 0 Å². The van der Waals surface area contributed by atoms with Crippen LogP contribution in [0.4, 0.5) is 5.69 Å². The molecule has 1 aliphatic rings. The summed E-state index contributed by atoms with van der Waals surface area (Å²) in [6.45, 7) is 0.481. The van der Waals surface area contributed by atoms with Crippen molar-refractivity contribution in [2.24, 2.45) is 0 Å². The number of ether oxygens (including phenoxy) is 2. The fourth-order valence-corrected chi connectivity index (χ4v) is 4.74. The van der Waals surface area contributed by atoms with Crippen LogP contribution in [0.1, 0.15) is 23.2 Å². The van der Waals surface area contributed by atoms with Crippen molar-refractivity contribution in [1.82, 2.24) is 4.31 Å². The predicted octanol–water partition coefficient (Wildman–Crippen LogP) is 3.69. The number of aliphatic hydroxyl groups is 1. The van der Waals surface area contributed by atoms with Crippen molar-refractivity contribution < 1.29 is 27.8 Å². The van der Waals surface area contributed by atoms with E-state index in [9.17, 15) is 18.3 Å². The Hall–Kier alpha value is -2.04. The lowest BCUT2D eigenvalue weighted by molar-refractivity contribution is 0.0600. The van der Waals surface area contributed by atoms with Crippen molar-refractivity contribution in [2.45, 2.75) is 18.9 Å². The van der Waals surface area contributed by atoms with E-state index in [1.54, 1.807) is 18.2 Å². The van der Waals surface area contributed by atoms with Gasteiger partial charge in [-0.05, 0) is 37.1 Å². The van der Waals surface area contributed by atoms with Gasteiger partial charge in [0.05, 0.1) is 34.5 Å². The average molecular weight is 475 g/mol. The lowest BCUT2D eigenvalue weighted by Crippen LogP contribution is -2.42. The predicted molar refractivity (Wildman–Crippen MR) is 114 cm³/mol. The van der Waals surface area contributed by atoms with Gasteiger partial charge in [-0.2, -0.15) is 12.7 Å². The minimum Gasteiger partial charge on any atom is -0.465 e. The molecule has 8 nitrogen and oxygen atoms in total. The monoisotopic (exact) mass is 474 g/mol. The zero-order valence-electron chi connectivity index (χ0n) is 16.0. The van der Waals surface area contributed by atoms with E-state index in [2.05, 4.69) is 9.46 Å². The Morgan fingerprint density at radius 1 is 1.17 bits per heavy atom. The molecule has 0 amide bonds. The number of nitrogens with one attached hydrogen (secondary N) is 1. The largest absolute Gasteiger partial charge is 0.465 e. The van der Waals surface area contributed by atoms with Crippen molar-refractivity contribution in [2.75, 3.05) is 24.9 Å². The minimum atomic E-state index is -3.77. The Morgan fingerprint density at radius 3 is 2.40 bits per heavy atom. The van der Waals surface area contributed by atoms with Crippen LogP contribution in [-0.4, -0.2) is 50.1 Å². The van der Waals surface area contributed by atoms with Crippen molar-refractivity contribution in [3.05, 3.63) is 52.0 Å². The van der Waals surface area contributed by atoms with Crippen LogP contribution in [0.5, 0.6) is 11.5 Å². The Balaban J connectivity index is 1.77. The van der Waals surface area contributed by atoms with Gasteiger partial charge in [-0.1, -0.05) is 29.3 Å². The highest BCUT2D eigenvalue weighted by molar-refractivity contribution is 7.90. The number of piperidine rings is 1. The lowest BCUT2D eigenvalue weighted by Gasteiger charge is -2.28. The molecule has 1 aliphatic heterocycles. The van der Waals surface area contributed by atoms with Crippen molar-refractivity contribution >= 4 is 45.1 Å². The molecule has 11 heteroatoms. The molecular weight excluding hydrogens is 455 g/mol. The van der Waals surface area contributed by atoms with Crippen LogP contribution in [0.3, 0.4) is 0 Å². The number of carbonyl (C=O) groups excluding carboxylic acids is 1. The number of benzene rings is 2. The summed E-state index contributed by atoms with van der Waals surface area (Å²) in [4.78, 5) is 11.7. The first-order valence-electron chi connectivity index (χ1n) is 9.01. The summed E-state index contributed by atoms with van der Waals surface area (Å²) < 4.78 is 39.3. The maximum atomic E-state index is 12.6. The normalized spacial score (nSPS) is 15.6. The summed E-state index contributed by atoms with van der Waals surface area (Å²) in [6.07, 6.45) is 0.305. The first kappa shape index (κ1) is 22.6. The molecular formula is C19H20Cl2N2O6S. The van der Waals surface area contributed by atoms with Gasteiger partial charge in [-0.3, -0.25) is 4.72 Å². The Bertz CT molecular complexity index is 1020.